The van der Waals surface area contributed by atoms with E-state index in [9.17, 15) is 0 Å². The lowest BCUT2D eigenvalue weighted by molar-refractivity contribution is 0.325. The molecule has 19 heavy (non-hydrogen) atoms. The van der Waals surface area contributed by atoms with Gasteiger partial charge in [-0.1, -0.05) is 69.4 Å². The van der Waals surface area contributed by atoms with Crippen LogP contribution >= 0.6 is 0 Å². The number of rotatable bonds is 7. The van der Waals surface area contributed by atoms with Gasteiger partial charge in [0.15, 0.2) is 0 Å². The SMILES string of the molecule is CCCCCCNC1CCCCC1c1ccccc1. The molecule has 1 aliphatic rings. The summed E-state index contributed by atoms with van der Waals surface area (Å²) >= 11 is 0. The fourth-order valence-electron chi connectivity index (χ4n) is 3.31. The van der Waals surface area contributed by atoms with Crippen molar-refractivity contribution < 1.29 is 0 Å². The van der Waals surface area contributed by atoms with Crippen molar-refractivity contribution in [3.63, 3.8) is 0 Å². The Morgan fingerprint density at radius 2 is 1.79 bits per heavy atom. The summed E-state index contributed by atoms with van der Waals surface area (Å²) in [6.07, 6.45) is 10.9. The summed E-state index contributed by atoms with van der Waals surface area (Å²) in [6, 6.07) is 11.8. The van der Waals surface area contributed by atoms with Gasteiger partial charge in [0, 0.05) is 6.04 Å². The predicted octanol–water partition coefficient (Wildman–Crippen LogP) is 4.88. The third-order valence-corrected chi connectivity index (χ3v) is 4.43. The highest BCUT2D eigenvalue weighted by molar-refractivity contribution is 5.21. The zero-order valence-corrected chi connectivity index (χ0v) is 12.4. The summed E-state index contributed by atoms with van der Waals surface area (Å²) in [5.41, 5.74) is 1.54. The van der Waals surface area contributed by atoms with Crippen molar-refractivity contribution in [1.82, 2.24) is 5.32 Å². The zero-order chi connectivity index (χ0) is 13.3. The van der Waals surface area contributed by atoms with Gasteiger partial charge in [-0.25, -0.2) is 0 Å². The summed E-state index contributed by atoms with van der Waals surface area (Å²) in [6.45, 7) is 3.48. The van der Waals surface area contributed by atoms with Crippen LogP contribution in [0.2, 0.25) is 0 Å². The van der Waals surface area contributed by atoms with Gasteiger partial charge in [-0.2, -0.15) is 0 Å². The monoisotopic (exact) mass is 259 g/mol. The zero-order valence-electron chi connectivity index (χ0n) is 12.4. The van der Waals surface area contributed by atoms with Crippen LogP contribution in [0.15, 0.2) is 30.3 Å². The summed E-state index contributed by atoms with van der Waals surface area (Å²) in [5.74, 6) is 0.737. The van der Waals surface area contributed by atoms with Crippen LogP contribution in [0.25, 0.3) is 0 Å². The lowest BCUT2D eigenvalue weighted by Crippen LogP contribution is -2.37. The molecule has 1 aromatic rings. The van der Waals surface area contributed by atoms with E-state index in [1.807, 2.05) is 0 Å². The minimum absolute atomic E-state index is 0.706. The quantitative estimate of drug-likeness (QED) is 0.688. The Bertz CT molecular complexity index is 333. The van der Waals surface area contributed by atoms with Crippen LogP contribution in [0.3, 0.4) is 0 Å². The molecule has 0 amide bonds. The van der Waals surface area contributed by atoms with Crippen LogP contribution < -0.4 is 5.32 Å². The van der Waals surface area contributed by atoms with Crippen LogP contribution in [0.4, 0.5) is 0 Å². The molecule has 1 aliphatic carbocycles. The lowest BCUT2D eigenvalue weighted by Gasteiger charge is -2.33. The Hall–Kier alpha value is -0.820. The largest absolute Gasteiger partial charge is 0.313 e. The van der Waals surface area contributed by atoms with E-state index in [0.717, 1.165) is 5.92 Å². The van der Waals surface area contributed by atoms with E-state index < -0.39 is 0 Å². The van der Waals surface area contributed by atoms with E-state index >= 15 is 0 Å². The Kier molecular flexibility index (Phi) is 6.43. The number of hydrogen-bond acceptors (Lipinski definition) is 1. The molecule has 1 aromatic carbocycles. The van der Waals surface area contributed by atoms with Crippen molar-refractivity contribution >= 4 is 0 Å². The average molecular weight is 259 g/mol. The smallest absolute Gasteiger partial charge is 0.0136 e. The molecule has 2 atom stereocenters. The van der Waals surface area contributed by atoms with Gasteiger partial charge in [0.2, 0.25) is 0 Å². The van der Waals surface area contributed by atoms with Gasteiger partial charge in [0.1, 0.15) is 0 Å². The molecule has 0 saturated heterocycles. The van der Waals surface area contributed by atoms with Gasteiger partial charge in [0.25, 0.3) is 0 Å². The summed E-state index contributed by atoms with van der Waals surface area (Å²) in [4.78, 5) is 0. The molecule has 0 bridgehead atoms. The number of unbranched alkanes of at least 4 members (excludes halogenated alkanes) is 3. The van der Waals surface area contributed by atoms with Gasteiger partial charge < -0.3 is 5.32 Å². The molecule has 106 valence electrons. The minimum atomic E-state index is 0.706. The van der Waals surface area contributed by atoms with Gasteiger partial charge in [-0.05, 0) is 37.3 Å². The molecule has 0 spiro atoms. The molecule has 1 nitrogen and oxygen atoms in total. The molecule has 2 unspecified atom stereocenters. The van der Waals surface area contributed by atoms with Crippen LogP contribution in [-0.4, -0.2) is 12.6 Å². The highest BCUT2D eigenvalue weighted by Gasteiger charge is 2.25. The molecule has 1 saturated carbocycles. The van der Waals surface area contributed by atoms with Crippen LogP contribution in [0.5, 0.6) is 0 Å². The van der Waals surface area contributed by atoms with E-state index in [1.165, 1.54) is 63.5 Å². The average Bonchev–Trinajstić information content (AvgIpc) is 2.48. The van der Waals surface area contributed by atoms with E-state index in [-0.39, 0.29) is 0 Å². The molecule has 2 rings (SSSR count). The topological polar surface area (TPSA) is 12.0 Å². The van der Waals surface area contributed by atoms with E-state index in [4.69, 9.17) is 0 Å². The second kappa shape index (κ2) is 8.37. The summed E-state index contributed by atoms with van der Waals surface area (Å²) in [5, 5.41) is 3.83. The molecule has 0 radical (unpaired) electrons. The Morgan fingerprint density at radius 1 is 1.00 bits per heavy atom. The molecular weight excluding hydrogens is 230 g/mol. The van der Waals surface area contributed by atoms with E-state index in [1.54, 1.807) is 0 Å². The fraction of sp³-hybridized carbons (Fsp3) is 0.667. The molecule has 0 aromatic heterocycles. The van der Waals surface area contributed by atoms with Gasteiger partial charge >= 0.3 is 0 Å². The van der Waals surface area contributed by atoms with Crippen LogP contribution in [-0.2, 0) is 0 Å². The second-order valence-electron chi connectivity index (χ2n) is 5.92. The first kappa shape index (κ1) is 14.6. The minimum Gasteiger partial charge on any atom is -0.313 e. The van der Waals surface area contributed by atoms with E-state index in [2.05, 4.69) is 42.6 Å². The van der Waals surface area contributed by atoms with Crippen LogP contribution in [0.1, 0.15) is 69.8 Å². The molecule has 1 fully saturated rings. The van der Waals surface area contributed by atoms with Crippen molar-refractivity contribution in [2.45, 2.75) is 70.3 Å². The third kappa shape index (κ3) is 4.65. The Morgan fingerprint density at radius 3 is 2.58 bits per heavy atom. The molecule has 0 heterocycles. The highest BCUT2D eigenvalue weighted by Crippen LogP contribution is 2.32. The molecule has 0 aliphatic heterocycles. The fourth-order valence-corrected chi connectivity index (χ4v) is 3.31. The van der Waals surface area contributed by atoms with Crippen molar-refractivity contribution in [1.29, 1.82) is 0 Å². The first-order chi connectivity index (χ1) is 9.42. The maximum atomic E-state index is 3.83. The normalized spacial score (nSPS) is 23.4. The number of hydrogen-bond donors (Lipinski definition) is 1. The van der Waals surface area contributed by atoms with Crippen molar-refractivity contribution in [2.24, 2.45) is 0 Å². The standard InChI is InChI=1S/C18H29N/c1-2-3-4-10-15-19-18-14-9-8-13-17(18)16-11-6-5-7-12-16/h5-7,11-12,17-19H,2-4,8-10,13-15H2,1H3. The Labute approximate surface area is 118 Å². The summed E-state index contributed by atoms with van der Waals surface area (Å²) in [7, 11) is 0. The molecule has 1 N–H and O–H groups in total. The highest BCUT2D eigenvalue weighted by atomic mass is 14.9. The van der Waals surface area contributed by atoms with Crippen molar-refractivity contribution in [3.05, 3.63) is 35.9 Å². The maximum Gasteiger partial charge on any atom is 0.0136 e. The maximum absolute atomic E-state index is 3.83. The first-order valence-corrected chi connectivity index (χ1v) is 8.20. The van der Waals surface area contributed by atoms with E-state index in [0.29, 0.717) is 6.04 Å². The van der Waals surface area contributed by atoms with Crippen molar-refractivity contribution in [3.8, 4) is 0 Å². The second-order valence-corrected chi connectivity index (χ2v) is 5.92. The van der Waals surface area contributed by atoms with Crippen molar-refractivity contribution in [2.75, 3.05) is 6.54 Å². The third-order valence-electron chi connectivity index (χ3n) is 4.43. The summed E-state index contributed by atoms with van der Waals surface area (Å²) < 4.78 is 0. The van der Waals surface area contributed by atoms with Gasteiger partial charge in [-0.3, -0.25) is 0 Å². The number of benzene rings is 1. The molecular formula is C18H29N. The molecule has 1 heteroatoms. The lowest BCUT2D eigenvalue weighted by atomic mass is 9.80. The Balaban J connectivity index is 1.83. The predicted molar refractivity (Wildman–Crippen MR) is 83.6 cm³/mol. The first-order valence-electron chi connectivity index (χ1n) is 8.20. The number of nitrogens with one attached hydrogen (secondary N) is 1. The van der Waals surface area contributed by atoms with Gasteiger partial charge in [0.05, 0.1) is 0 Å². The van der Waals surface area contributed by atoms with Crippen LogP contribution in [0, 0.1) is 0 Å². The van der Waals surface area contributed by atoms with Gasteiger partial charge in [-0.15, -0.1) is 0 Å².